The van der Waals surface area contributed by atoms with Crippen LogP contribution in [0.25, 0.3) is 0 Å². The van der Waals surface area contributed by atoms with Crippen LogP contribution in [0, 0.1) is 0 Å². The third-order valence-electron chi connectivity index (χ3n) is 2.75. The molecule has 0 saturated heterocycles. The molecule has 1 aromatic carbocycles. The summed E-state index contributed by atoms with van der Waals surface area (Å²) in [5.74, 6) is 0.0865. The Morgan fingerprint density at radius 1 is 1.18 bits per heavy atom. The minimum absolute atomic E-state index is 0.0865. The molecule has 116 valence electrons. The molecule has 0 unspecified atom stereocenters. The Morgan fingerprint density at radius 2 is 1.86 bits per heavy atom. The van der Waals surface area contributed by atoms with Crippen LogP contribution >= 0.6 is 11.6 Å². The van der Waals surface area contributed by atoms with Gasteiger partial charge in [-0.2, -0.15) is 0 Å². The van der Waals surface area contributed by atoms with E-state index in [0.29, 0.717) is 11.4 Å². The van der Waals surface area contributed by atoms with Gasteiger partial charge in [-0.15, -0.1) is 0 Å². The summed E-state index contributed by atoms with van der Waals surface area (Å²) in [6.45, 7) is 3.58. The SMILES string of the molecule is C=C/C=C1/NC(Cl)=C(NS(=O)(=O)c2ccccc2)N/C1=C/N. The van der Waals surface area contributed by atoms with Crippen LogP contribution in [0.3, 0.4) is 0 Å². The van der Waals surface area contributed by atoms with Gasteiger partial charge in [0.05, 0.1) is 16.3 Å². The molecule has 0 aromatic heterocycles. The smallest absolute Gasteiger partial charge is 0.263 e. The molecule has 0 bridgehead atoms. The van der Waals surface area contributed by atoms with E-state index in [1.165, 1.54) is 18.3 Å². The largest absolute Gasteiger partial charge is 0.403 e. The number of nitrogens with two attached hydrogens (primary N) is 1. The molecule has 22 heavy (non-hydrogen) atoms. The first-order valence-electron chi connectivity index (χ1n) is 6.24. The van der Waals surface area contributed by atoms with Crippen LogP contribution in [-0.4, -0.2) is 8.42 Å². The summed E-state index contributed by atoms with van der Waals surface area (Å²) in [7, 11) is -3.76. The van der Waals surface area contributed by atoms with Crippen LogP contribution < -0.4 is 21.1 Å². The Balaban J connectivity index is 2.32. The van der Waals surface area contributed by atoms with Crippen molar-refractivity contribution in [3.63, 3.8) is 0 Å². The summed E-state index contributed by atoms with van der Waals surface area (Å²) in [5.41, 5.74) is 6.57. The average molecular weight is 339 g/mol. The molecular weight excluding hydrogens is 324 g/mol. The molecule has 0 radical (unpaired) electrons. The molecule has 6 nitrogen and oxygen atoms in total. The molecule has 1 aliphatic heterocycles. The van der Waals surface area contributed by atoms with Gasteiger partial charge in [0.1, 0.15) is 5.16 Å². The second-order valence-electron chi connectivity index (χ2n) is 4.25. The lowest BCUT2D eigenvalue weighted by Crippen LogP contribution is -2.39. The Bertz CT molecular complexity index is 767. The van der Waals surface area contributed by atoms with Crippen molar-refractivity contribution >= 4 is 21.6 Å². The molecule has 0 atom stereocenters. The Kier molecular flexibility index (Phi) is 4.79. The summed E-state index contributed by atoms with van der Waals surface area (Å²) in [6, 6.07) is 7.96. The Morgan fingerprint density at radius 3 is 2.45 bits per heavy atom. The molecular formula is C14H15ClN4O2S. The number of nitrogens with one attached hydrogen (secondary N) is 3. The molecule has 0 saturated carbocycles. The van der Waals surface area contributed by atoms with E-state index in [1.54, 1.807) is 30.4 Å². The van der Waals surface area contributed by atoms with Gasteiger partial charge >= 0.3 is 0 Å². The van der Waals surface area contributed by atoms with Crippen molar-refractivity contribution in [2.45, 2.75) is 4.90 Å². The number of allylic oxidation sites excluding steroid dienone is 2. The number of sulfonamides is 1. The normalized spacial score (nSPS) is 18.8. The Hall–Kier alpha value is -2.38. The highest BCUT2D eigenvalue weighted by molar-refractivity contribution is 7.89. The lowest BCUT2D eigenvalue weighted by Gasteiger charge is -2.25. The van der Waals surface area contributed by atoms with Crippen molar-refractivity contribution in [3.05, 3.63) is 77.6 Å². The van der Waals surface area contributed by atoms with E-state index < -0.39 is 10.0 Å². The molecule has 1 aromatic rings. The fourth-order valence-corrected chi connectivity index (χ4v) is 3.06. The van der Waals surface area contributed by atoms with Gasteiger partial charge in [0.2, 0.25) is 0 Å². The average Bonchev–Trinajstić information content (AvgIpc) is 2.51. The summed E-state index contributed by atoms with van der Waals surface area (Å²) in [6.07, 6.45) is 4.50. The van der Waals surface area contributed by atoms with Crippen molar-refractivity contribution < 1.29 is 8.42 Å². The van der Waals surface area contributed by atoms with Crippen LogP contribution in [0.2, 0.25) is 0 Å². The van der Waals surface area contributed by atoms with Crippen LogP contribution in [0.1, 0.15) is 0 Å². The molecule has 8 heteroatoms. The second-order valence-corrected chi connectivity index (χ2v) is 6.31. The van der Waals surface area contributed by atoms with Crippen molar-refractivity contribution in [2.24, 2.45) is 5.73 Å². The predicted octanol–water partition coefficient (Wildman–Crippen LogP) is 1.39. The summed E-state index contributed by atoms with van der Waals surface area (Å²) >= 11 is 6.06. The first kappa shape index (κ1) is 16.0. The zero-order valence-electron chi connectivity index (χ0n) is 11.5. The first-order chi connectivity index (χ1) is 10.5. The Labute approximate surface area is 134 Å². The third kappa shape index (κ3) is 3.44. The maximum Gasteiger partial charge on any atom is 0.263 e. The highest BCUT2D eigenvalue weighted by atomic mass is 35.5. The zero-order chi connectivity index (χ0) is 16.2. The number of rotatable bonds is 4. The van der Waals surface area contributed by atoms with Gasteiger partial charge in [-0.25, -0.2) is 8.42 Å². The highest BCUT2D eigenvalue weighted by Crippen LogP contribution is 2.19. The molecule has 0 amide bonds. The summed E-state index contributed by atoms with van der Waals surface area (Å²) < 4.78 is 27.0. The van der Waals surface area contributed by atoms with Crippen LogP contribution in [0.15, 0.2) is 82.5 Å². The minimum atomic E-state index is -3.76. The molecule has 0 fully saturated rings. The van der Waals surface area contributed by atoms with Crippen LogP contribution in [0.4, 0.5) is 0 Å². The predicted molar refractivity (Wildman–Crippen MR) is 86.5 cm³/mol. The van der Waals surface area contributed by atoms with E-state index in [0.717, 1.165) is 0 Å². The molecule has 5 N–H and O–H groups in total. The van der Waals surface area contributed by atoms with E-state index in [9.17, 15) is 8.42 Å². The minimum Gasteiger partial charge on any atom is -0.403 e. The fourth-order valence-electron chi connectivity index (χ4n) is 1.75. The fraction of sp³-hybridized carbons (Fsp3) is 0. The number of benzene rings is 1. The zero-order valence-corrected chi connectivity index (χ0v) is 13.1. The molecule has 2 rings (SSSR count). The molecule has 1 heterocycles. The van der Waals surface area contributed by atoms with Crippen molar-refractivity contribution in [2.75, 3.05) is 0 Å². The molecule has 0 aliphatic carbocycles. The van der Waals surface area contributed by atoms with E-state index in [-0.39, 0.29) is 15.9 Å². The van der Waals surface area contributed by atoms with E-state index in [2.05, 4.69) is 21.9 Å². The van der Waals surface area contributed by atoms with E-state index >= 15 is 0 Å². The highest BCUT2D eigenvalue weighted by Gasteiger charge is 2.22. The van der Waals surface area contributed by atoms with Crippen molar-refractivity contribution in [1.82, 2.24) is 15.4 Å². The van der Waals surface area contributed by atoms with Gasteiger partial charge in [0, 0.05) is 6.20 Å². The number of hydrogen-bond donors (Lipinski definition) is 4. The van der Waals surface area contributed by atoms with Crippen LogP contribution in [-0.2, 0) is 10.0 Å². The summed E-state index contributed by atoms with van der Waals surface area (Å²) in [4.78, 5) is 0.125. The number of halogens is 1. The summed E-state index contributed by atoms with van der Waals surface area (Å²) in [5, 5.41) is 5.76. The lowest BCUT2D eigenvalue weighted by molar-refractivity contribution is 0.584. The maximum atomic E-state index is 12.3. The van der Waals surface area contributed by atoms with Crippen molar-refractivity contribution in [3.8, 4) is 0 Å². The number of hydrogen-bond acceptors (Lipinski definition) is 5. The standard InChI is InChI=1S/C14H15ClN4O2S/c1-2-6-11-12(9-16)18-14(13(15)17-11)19-22(20,21)10-7-4-3-5-8-10/h2-9,17-19H,1,16H2/b11-6+,12-9+. The monoisotopic (exact) mass is 338 g/mol. The quantitative estimate of drug-likeness (QED) is 0.622. The van der Waals surface area contributed by atoms with Gasteiger partial charge in [-0.1, -0.05) is 42.5 Å². The lowest BCUT2D eigenvalue weighted by atomic mass is 10.2. The van der Waals surface area contributed by atoms with Gasteiger partial charge in [0.15, 0.2) is 5.82 Å². The third-order valence-corrected chi connectivity index (χ3v) is 4.40. The van der Waals surface area contributed by atoms with Crippen LogP contribution in [0.5, 0.6) is 0 Å². The van der Waals surface area contributed by atoms with Crippen molar-refractivity contribution in [1.29, 1.82) is 0 Å². The van der Waals surface area contributed by atoms with Gasteiger partial charge in [0.25, 0.3) is 10.0 Å². The molecule has 0 spiro atoms. The van der Waals surface area contributed by atoms with Gasteiger partial charge in [-0.05, 0) is 18.2 Å². The molecule has 1 aliphatic rings. The second kappa shape index (κ2) is 6.59. The van der Waals surface area contributed by atoms with Gasteiger partial charge < -0.3 is 16.4 Å². The topological polar surface area (TPSA) is 96.2 Å². The maximum absolute atomic E-state index is 12.3. The van der Waals surface area contributed by atoms with Gasteiger partial charge in [-0.3, -0.25) is 4.72 Å². The van der Waals surface area contributed by atoms with E-state index in [1.807, 2.05) is 0 Å². The van der Waals surface area contributed by atoms with E-state index in [4.69, 9.17) is 17.3 Å². The first-order valence-corrected chi connectivity index (χ1v) is 8.10.